The normalized spacial score (nSPS) is 13.9. The van der Waals surface area contributed by atoms with E-state index in [-0.39, 0.29) is 25.6 Å². The van der Waals surface area contributed by atoms with Gasteiger partial charge in [-0.25, -0.2) is 0 Å². The Labute approximate surface area is 278 Å². The molecule has 0 bridgehead atoms. The van der Waals surface area contributed by atoms with Crippen molar-refractivity contribution in [3.8, 4) is 5.75 Å². The van der Waals surface area contributed by atoms with E-state index in [1.165, 1.54) is 71.3 Å². The Morgan fingerprint density at radius 3 is 2.04 bits per heavy atom. The van der Waals surface area contributed by atoms with Crippen LogP contribution in [0.25, 0.3) is 10.8 Å². The number of rotatable bonds is 26. The summed E-state index contributed by atoms with van der Waals surface area (Å²) in [6.45, 7) is 2.58. The highest BCUT2D eigenvalue weighted by Crippen LogP contribution is 2.38. The first-order valence-corrected chi connectivity index (χ1v) is 18.7. The van der Waals surface area contributed by atoms with Gasteiger partial charge in [0, 0.05) is 44.3 Å². The Balaban J connectivity index is 1.95. The average molecular weight is 665 g/mol. The molecular formula is C36H61N2O7P. The topological polar surface area (TPSA) is 97.4 Å². The molecule has 0 heterocycles. The highest BCUT2D eigenvalue weighted by atomic mass is 31.2. The molecule has 0 aliphatic heterocycles. The fourth-order valence-electron chi connectivity index (χ4n) is 5.15. The van der Waals surface area contributed by atoms with Crippen molar-refractivity contribution in [1.29, 1.82) is 0 Å². The van der Waals surface area contributed by atoms with Gasteiger partial charge in [-0.05, 0) is 36.1 Å². The summed E-state index contributed by atoms with van der Waals surface area (Å²) in [5.74, 6) is 0.645. The number of ether oxygens (including phenoxy) is 2. The van der Waals surface area contributed by atoms with Crippen LogP contribution >= 0.6 is 7.82 Å². The van der Waals surface area contributed by atoms with Gasteiger partial charge in [0.1, 0.15) is 31.6 Å². The molecule has 0 aromatic heterocycles. The van der Waals surface area contributed by atoms with Crippen molar-refractivity contribution in [2.75, 3.05) is 73.6 Å². The molecule has 0 spiro atoms. The third-order valence-corrected chi connectivity index (χ3v) is 9.15. The molecule has 10 heteroatoms. The fourth-order valence-corrected chi connectivity index (χ4v) is 5.87. The molecule has 0 saturated carbocycles. The zero-order chi connectivity index (χ0) is 34.0. The number of methoxy groups -OCH3 is 1. The Morgan fingerprint density at radius 1 is 0.870 bits per heavy atom. The number of Topliss-reactive ketones (excluding diaryl/α,β-unsaturated/α-hetero) is 1. The molecule has 0 N–H and O–H groups in total. The van der Waals surface area contributed by atoms with Gasteiger partial charge in [-0.15, -0.1) is 0 Å². The van der Waals surface area contributed by atoms with Crippen molar-refractivity contribution in [2.24, 2.45) is 0 Å². The van der Waals surface area contributed by atoms with Gasteiger partial charge in [0.15, 0.2) is 5.78 Å². The predicted octanol–water partition coefficient (Wildman–Crippen LogP) is 7.78. The molecule has 2 atom stereocenters. The van der Waals surface area contributed by atoms with Crippen LogP contribution in [-0.4, -0.2) is 85.1 Å². The zero-order valence-electron chi connectivity index (χ0n) is 29.7. The number of carbonyl (C=O) groups excluding carboxylic acids is 1. The summed E-state index contributed by atoms with van der Waals surface area (Å²) in [5, 5.41) is 1.77. The van der Waals surface area contributed by atoms with E-state index in [0.717, 1.165) is 29.3 Å². The standard InChI is InChI=1S/C36H61N2O7P/c1-8-9-10-11-12-13-14-15-16-17-18-19-20-35(39)31-25-30-21-22-32(37(2)3)27-34(30)36(26-31)43-28-33(42-7)29-45-46(40,41)44-24-23-38(4,5)6/h21-22,25-27,33H,8-20,23-24,28-29H2,1-7H3. The second kappa shape index (κ2) is 21.1. The Kier molecular flexibility index (Phi) is 18.4. The van der Waals surface area contributed by atoms with Crippen molar-refractivity contribution in [1.82, 2.24) is 0 Å². The van der Waals surface area contributed by atoms with Crippen molar-refractivity contribution in [2.45, 2.75) is 96.5 Å². The van der Waals surface area contributed by atoms with Crippen LogP contribution in [0.15, 0.2) is 30.3 Å². The number of nitrogens with zero attached hydrogens (tertiary/aromatic N) is 2. The molecule has 0 aliphatic rings. The minimum atomic E-state index is -4.49. The number of benzene rings is 2. The number of anilines is 1. The number of likely N-dealkylation sites (N-methyl/N-ethyl adjacent to an activating group) is 1. The van der Waals surface area contributed by atoms with Gasteiger partial charge in [-0.3, -0.25) is 9.36 Å². The largest absolute Gasteiger partial charge is 0.756 e. The van der Waals surface area contributed by atoms with Crippen LogP contribution in [-0.2, 0) is 18.3 Å². The van der Waals surface area contributed by atoms with Crippen LogP contribution in [0.5, 0.6) is 5.75 Å². The summed E-state index contributed by atoms with van der Waals surface area (Å²) >= 11 is 0. The van der Waals surface area contributed by atoms with Crippen molar-refractivity contribution in [3.05, 3.63) is 35.9 Å². The summed E-state index contributed by atoms with van der Waals surface area (Å²) in [5.41, 5.74) is 1.61. The molecule has 0 aliphatic carbocycles. The number of phosphoric ester groups is 1. The maximum atomic E-state index is 13.3. The van der Waals surface area contributed by atoms with Crippen molar-refractivity contribution >= 4 is 30.1 Å². The lowest BCUT2D eigenvalue weighted by Crippen LogP contribution is -2.37. The third-order valence-electron chi connectivity index (χ3n) is 8.18. The van der Waals surface area contributed by atoms with Crippen LogP contribution in [0.4, 0.5) is 5.69 Å². The van der Waals surface area contributed by atoms with Gasteiger partial charge in [0.25, 0.3) is 7.82 Å². The molecule has 0 amide bonds. The molecule has 2 unspecified atom stereocenters. The highest BCUT2D eigenvalue weighted by Gasteiger charge is 2.19. The minimum absolute atomic E-state index is 0.0265. The summed E-state index contributed by atoms with van der Waals surface area (Å²) < 4.78 is 34.6. The van der Waals surface area contributed by atoms with E-state index < -0.39 is 13.9 Å². The summed E-state index contributed by atoms with van der Waals surface area (Å²) in [7, 11) is 6.77. The summed E-state index contributed by atoms with van der Waals surface area (Å²) in [6.07, 6.45) is 14.9. The van der Waals surface area contributed by atoms with Crippen LogP contribution in [0, 0.1) is 0 Å². The molecular weight excluding hydrogens is 603 g/mol. The van der Waals surface area contributed by atoms with Crippen LogP contribution in [0.2, 0.25) is 0 Å². The van der Waals surface area contributed by atoms with E-state index in [2.05, 4.69) is 6.92 Å². The number of phosphoric acid groups is 1. The monoisotopic (exact) mass is 664 g/mol. The number of carbonyl (C=O) groups is 1. The quantitative estimate of drug-likeness (QED) is 0.0435. The Hall–Kier alpha value is -2.00. The first-order valence-electron chi connectivity index (χ1n) is 17.2. The van der Waals surface area contributed by atoms with Crippen molar-refractivity contribution in [3.63, 3.8) is 0 Å². The number of ketones is 1. The molecule has 2 aromatic carbocycles. The number of hydrogen-bond donors (Lipinski definition) is 0. The van der Waals surface area contributed by atoms with Gasteiger partial charge in [-0.2, -0.15) is 0 Å². The molecule has 46 heavy (non-hydrogen) atoms. The molecule has 0 saturated heterocycles. The second-order valence-electron chi connectivity index (χ2n) is 13.6. The van der Waals surface area contributed by atoms with Gasteiger partial charge in [-0.1, -0.05) is 83.6 Å². The molecule has 2 aromatic rings. The first-order chi connectivity index (χ1) is 21.8. The summed E-state index contributed by atoms with van der Waals surface area (Å²) in [4.78, 5) is 27.5. The van der Waals surface area contributed by atoms with E-state index in [1.54, 1.807) is 6.07 Å². The molecule has 262 valence electrons. The van der Waals surface area contributed by atoms with Gasteiger partial charge in [0.2, 0.25) is 0 Å². The van der Waals surface area contributed by atoms with E-state index in [9.17, 15) is 14.3 Å². The number of hydrogen-bond acceptors (Lipinski definition) is 8. The van der Waals surface area contributed by atoms with Crippen LogP contribution in [0.1, 0.15) is 101 Å². The number of fused-ring (bicyclic) bond motifs is 1. The predicted molar refractivity (Wildman–Crippen MR) is 187 cm³/mol. The number of unbranched alkanes of at least 4 members (excludes halogenated alkanes) is 11. The zero-order valence-corrected chi connectivity index (χ0v) is 30.6. The lowest BCUT2D eigenvalue weighted by Gasteiger charge is -2.28. The van der Waals surface area contributed by atoms with Crippen LogP contribution < -0.4 is 14.5 Å². The molecule has 9 nitrogen and oxygen atoms in total. The minimum Gasteiger partial charge on any atom is -0.756 e. The second-order valence-corrected chi connectivity index (χ2v) is 15.0. The SMILES string of the molecule is CCCCCCCCCCCCCCC(=O)c1cc(OCC(COP(=O)([O-])OCC[N+](C)(C)C)OC)c2cc(N(C)C)ccc2c1. The molecule has 0 fully saturated rings. The van der Waals surface area contributed by atoms with Crippen molar-refractivity contribution < 1.29 is 37.3 Å². The van der Waals surface area contributed by atoms with Gasteiger partial charge >= 0.3 is 0 Å². The van der Waals surface area contributed by atoms with E-state index in [1.807, 2.05) is 64.4 Å². The smallest absolute Gasteiger partial charge is 0.268 e. The molecule has 2 rings (SSSR count). The maximum Gasteiger partial charge on any atom is 0.268 e. The van der Waals surface area contributed by atoms with E-state index >= 15 is 0 Å². The van der Waals surface area contributed by atoms with Gasteiger partial charge < -0.3 is 32.8 Å². The Bertz CT molecular complexity index is 1210. The molecule has 0 radical (unpaired) electrons. The summed E-state index contributed by atoms with van der Waals surface area (Å²) in [6, 6.07) is 9.77. The maximum absolute atomic E-state index is 13.3. The lowest BCUT2D eigenvalue weighted by atomic mass is 9.99. The first kappa shape index (κ1) is 40.2. The lowest BCUT2D eigenvalue weighted by molar-refractivity contribution is -0.870. The average Bonchev–Trinajstić information content (AvgIpc) is 3.00. The van der Waals surface area contributed by atoms with E-state index in [0.29, 0.717) is 28.8 Å². The Morgan fingerprint density at radius 2 is 1.48 bits per heavy atom. The fraction of sp³-hybridized carbons (Fsp3) is 0.694. The van der Waals surface area contributed by atoms with Crippen LogP contribution in [0.3, 0.4) is 0 Å². The number of quaternary nitrogens is 1. The van der Waals surface area contributed by atoms with Gasteiger partial charge in [0.05, 0.1) is 27.7 Å². The third kappa shape index (κ3) is 16.2. The highest BCUT2D eigenvalue weighted by molar-refractivity contribution is 7.45. The van der Waals surface area contributed by atoms with E-state index in [4.69, 9.17) is 18.5 Å².